The summed E-state index contributed by atoms with van der Waals surface area (Å²) >= 11 is 1.47. The number of nitrogens with zero attached hydrogens (tertiary/aromatic N) is 2. The minimum absolute atomic E-state index is 0.213. The number of aromatic nitrogens is 2. The second kappa shape index (κ2) is 7.88. The highest BCUT2D eigenvalue weighted by molar-refractivity contribution is 7.19. The molecule has 4 aromatic rings. The molecule has 1 aliphatic rings. The van der Waals surface area contributed by atoms with Gasteiger partial charge in [-0.15, -0.1) is 11.3 Å². The number of ether oxygens (including phenoxy) is 2. The molecule has 0 saturated carbocycles. The minimum atomic E-state index is -0.287. The van der Waals surface area contributed by atoms with Crippen molar-refractivity contribution >= 4 is 27.5 Å². The number of rotatable bonds is 5. The zero-order valence-corrected chi connectivity index (χ0v) is 17.6. The fraction of sp³-hybridized carbons (Fsp3) is 0.174. The molecule has 2 aromatic carbocycles. The molecular weight excluding hydrogens is 414 g/mol. The smallest absolute Gasteiger partial charge is 0.281 e. The fourth-order valence-corrected chi connectivity index (χ4v) is 4.68. The standard InChI is InChI=1S/C23H19N3O4S/c1-14-20(16-5-3-2-4-6-16)21-22(31-14)24-12-26(23(21)28)25-19(27)10-8-15-7-9-17-18(11-15)30-13-29-17/h2-7,9,11-12H,8,10,13H2,1H3,(H,25,27). The van der Waals surface area contributed by atoms with Gasteiger partial charge in [0, 0.05) is 16.9 Å². The molecule has 1 amide bonds. The molecule has 1 N–H and O–H groups in total. The number of carbonyl (C=O) groups is 1. The first-order valence-corrected chi connectivity index (χ1v) is 10.7. The van der Waals surface area contributed by atoms with Gasteiger partial charge in [0.15, 0.2) is 11.5 Å². The number of benzene rings is 2. The number of nitrogens with one attached hydrogen (secondary N) is 1. The Morgan fingerprint density at radius 3 is 2.81 bits per heavy atom. The number of aryl methyl sites for hydroxylation is 2. The monoisotopic (exact) mass is 433 g/mol. The van der Waals surface area contributed by atoms with Crippen LogP contribution in [0.25, 0.3) is 21.3 Å². The molecule has 0 bridgehead atoms. The summed E-state index contributed by atoms with van der Waals surface area (Å²) in [5.41, 5.74) is 5.15. The highest BCUT2D eigenvalue weighted by Crippen LogP contribution is 2.35. The summed E-state index contributed by atoms with van der Waals surface area (Å²) in [6.45, 7) is 2.19. The van der Waals surface area contributed by atoms with E-state index in [0.29, 0.717) is 28.1 Å². The summed E-state index contributed by atoms with van der Waals surface area (Å²) < 4.78 is 11.8. The summed E-state index contributed by atoms with van der Waals surface area (Å²) in [6.07, 6.45) is 2.10. The van der Waals surface area contributed by atoms with Crippen LogP contribution in [0.2, 0.25) is 0 Å². The number of fused-ring (bicyclic) bond motifs is 2. The van der Waals surface area contributed by atoms with Crippen molar-refractivity contribution in [2.75, 3.05) is 12.2 Å². The number of hydrogen-bond donors (Lipinski definition) is 1. The zero-order valence-electron chi connectivity index (χ0n) is 16.8. The summed E-state index contributed by atoms with van der Waals surface area (Å²) in [5.74, 6) is 1.12. The molecule has 8 heteroatoms. The van der Waals surface area contributed by atoms with Crippen LogP contribution in [-0.2, 0) is 11.2 Å². The lowest BCUT2D eigenvalue weighted by Crippen LogP contribution is -2.33. The number of carbonyl (C=O) groups excluding carboxylic acids is 1. The summed E-state index contributed by atoms with van der Waals surface area (Å²) in [4.78, 5) is 31.7. The second-order valence-electron chi connectivity index (χ2n) is 7.22. The van der Waals surface area contributed by atoms with Gasteiger partial charge in [-0.2, -0.15) is 0 Å². The normalized spacial score (nSPS) is 12.3. The molecule has 156 valence electrons. The van der Waals surface area contributed by atoms with Crippen LogP contribution < -0.4 is 20.5 Å². The van der Waals surface area contributed by atoms with Crippen LogP contribution in [0.5, 0.6) is 11.5 Å². The van der Waals surface area contributed by atoms with E-state index in [-0.39, 0.29) is 24.7 Å². The van der Waals surface area contributed by atoms with Gasteiger partial charge in [-0.05, 0) is 36.6 Å². The molecule has 0 fully saturated rings. The van der Waals surface area contributed by atoms with Gasteiger partial charge in [-0.1, -0.05) is 36.4 Å². The lowest BCUT2D eigenvalue weighted by molar-refractivity contribution is -0.117. The highest BCUT2D eigenvalue weighted by Gasteiger charge is 2.18. The van der Waals surface area contributed by atoms with Crippen molar-refractivity contribution in [3.8, 4) is 22.6 Å². The molecule has 5 rings (SSSR count). The Hall–Kier alpha value is -3.65. The van der Waals surface area contributed by atoms with E-state index in [1.54, 1.807) is 0 Å². The third kappa shape index (κ3) is 3.66. The number of hydrogen-bond acceptors (Lipinski definition) is 6. The van der Waals surface area contributed by atoms with Crippen molar-refractivity contribution in [1.82, 2.24) is 9.66 Å². The van der Waals surface area contributed by atoms with Crippen molar-refractivity contribution in [1.29, 1.82) is 0 Å². The lowest BCUT2D eigenvalue weighted by atomic mass is 10.0. The summed E-state index contributed by atoms with van der Waals surface area (Å²) in [7, 11) is 0. The molecule has 0 atom stereocenters. The molecule has 0 spiro atoms. The van der Waals surface area contributed by atoms with E-state index in [2.05, 4.69) is 10.4 Å². The molecule has 0 radical (unpaired) electrons. The highest BCUT2D eigenvalue weighted by atomic mass is 32.1. The van der Waals surface area contributed by atoms with Gasteiger partial charge in [0.2, 0.25) is 12.7 Å². The molecule has 2 aromatic heterocycles. The van der Waals surface area contributed by atoms with Crippen LogP contribution in [0.4, 0.5) is 0 Å². The average Bonchev–Trinajstić information content (AvgIpc) is 3.38. The van der Waals surface area contributed by atoms with Gasteiger partial charge >= 0.3 is 0 Å². The van der Waals surface area contributed by atoms with Gasteiger partial charge in [0.05, 0.1) is 5.39 Å². The zero-order chi connectivity index (χ0) is 21.4. The van der Waals surface area contributed by atoms with Gasteiger partial charge in [-0.25, -0.2) is 9.66 Å². The molecule has 1 aliphatic heterocycles. The molecule has 0 aliphatic carbocycles. The van der Waals surface area contributed by atoms with Gasteiger partial charge in [0.1, 0.15) is 11.2 Å². The molecule has 0 saturated heterocycles. The topological polar surface area (TPSA) is 82.5 Å². The maximum absolute atomic E-state index is 13.2. The molecule has 3 heterocycles. The van der Waals surface area contributed by atoms with Crippen LogP contribution in [0.3, 0.4) is 0 Å². The van der Waals surface area contributed by atoms with Crippen LogP contribution in [0.1, 0.15) is 16.9 Å². The Bertz CT molecular complexity index is 1340. The minimum Gasteiger partial charge on any atom is -0.454 e. The van der Waals surface area contributed by atoms with E-state index in [4.69, 9.17) is 9.47 Å². The van der Waals surface area contributed by atoms with Gasteiger partial charge in [-0.3, -0.25) is 15.0 Å². The van der Waals surface area contributed by atoms with Crippen LogP contribution in [0.15, 0.2) is 59.7 Å². The average molecular weight is 433 g/mol. The number of thiophene rings is 1. The van der Waals surface area contributed by atoms with Crippen molar-refractivity contribution in [2.45, 2.75) is 19.8 Å². The SMILES string of the molecule is Cc1sc2ncn(NC(=O)CCc3ccc4c(c3)OCO4)c(=O)c2c1-c1ccccc1. The predicted octanol–water partition coefficient (Wildman–Crippen LogP) is 3.87. The van der Waals surface area contributed by atoms with E-state index in [1.807, 2.05) is 55.5 Å². The first kappa shape index (κ1) is 19.3. The summed E-state index contributed by atoms with van der Waals surface area (Å²) in [6, 6.07) is 15.4. The van der Waals surface area contributed by atoms with Gasteiger partial charge in [0.25, 0.3) is 5.56 Å². The van der Waals surface area contributed by atoms with E-state index < -0.39 is 0 Å². The lowest BCUT2D eigenvalue weighted by Gasteiger charge is -2.09. The van der Waals surface area contributed by atoms with E-state index in [0.717, 1.165) is 21.6 Å². The quantitative estimate of drug-likeness (QED) is 0.517. The molecule has 7 nitrogen and oxygen atoms in total. The fourth-order valence-electron chi connectivity index (χ4n) is 3.68. The summed E-state index contributed by atoms with van der Waals surface area (Å²) in [5, 5.41) is 0.521. The molecular formula is C23H19N3O4S. The second-order valence-corrected chi connectivity index (χ2v) is 8.42. The van der Waals surface area contributed by atoms with Gasteiger partial charge < -0.3 is 9.47 Å². The van der Waals surface area contributed by atoms with E-state index in [9.17, 15) is 9.59 Å². The Labute approximate surface area is 181 Å². The Kier molecular flexibility index (Phi) is 4.91. The first-order chi connectivity index (χ1) is 15.1. The van der Waals surface area contributed by atoms with Crippen molar-refractivity contribution < 1.29 is 14.3 Å². The van der Waals surface area contributed by atoms with E-state index >= 15 is 0 Å². The Morgan fingerprint density at radius 1 is 1.16 bits per heavy atom. The number of amides is 1. The van der Waals surface area contributed by atoms with Crippen LogP contribution >= 0.6 is 11.3 Å². The molecule has 0 unspecified atom stereocenters. The third-order valence-corrected chi connectivity index (χ3v) is 6.19. The predicted molar refractivity (Wildman–Crippen MR) is 119 cm³/mol. The van der Waals surface area contributed by atoms with Crippen LogP contribution in [-0.4, -0.2) is 22.4 Å². The first-order valence-electron chi connectivity index (χ1n) is 9.85. The maximum atomic E-state index is 13.2. The maximum Gasteiger partial charge on any atom is 0.281 e. The Balaban J connectivity index is 1.37. The third-order valence-electron chi connectivity index (χ3n) is 5.17. The van der Waals surface area contributed by atoms with Crippen molar-refractivity contribution in [3.05, 3.63) is 75.7 Å². The van der Waals surface area contributed by atoms with E-state index in [1.165, 1.54) is 22.3 Å². The Morgan fingerprint density at radius 2 is 1.97 bits per heavy atom. The van der Waals surface area contributed by atoms with Crippen molar-refractivity contribution in [2.24, 2.45) is 0 Å². The van der Waals surface area contributed by atoms with Crippen LogP contribution in [0, 0.1) is 6.92 Å². The molecule has 31 heavy (non-hydrogen) atoms. The largest absolute Gasteiger partial charge is 0.454 e. The van der Waals surface area contributed by atoms with Crippen molar-refractivity contribution in [3.63, 3.8) is 0 Å².